The van der Waals surface area contributed by atoms with Crippen LogP contribution in [0.3, 0.4) is 0 Å². The molecule has 6 rings (SSSR count). The molecule has 2 aromatic heterocycles. The third-order valence-electron chi connectivity index (χ3n) is 5.65. The van der Waals surface area contributed by atoms with Gasteiger partial charge in [0.25, 0.3) is 0 Å². The average Bonchev–Trinajstić information content (AvgIpc) is 3.58. The van der Waals surface area contributed by atoms with E-state index in [9.17, 15) is 0 Å². The first-order valence-electron chi connectivity index (χ1n) is 11.9. The van der Waals surface area contributed by atoms with Crippen LogP contribution in [0.1, 0.15) is 0 Å². The number of H-pyrrole nitrogens is 1. The molecule has 0 aliphatic carbocycles. The van der Waals surface area contributed by atoms with Gasteiger partial charge in [0.1, 0.15) is 22.8 Å². The van der Waals surface area contributed by atoms with Gasteiger partial charge in [0.15, 0.2) is 11.5 Å². The number of hydrogen-bond donors (Lipinski definition) is 3. The number of nitrogens with zero attached hydrogens (tertiary/aromatic N) is 3. The van der Waals surface area contributed by atoms with Gasteiger partial charge in [-0.25, -0.2) is 4.98 Å². The van der Waals surface area contributed by atoms with Gasteiger partial charge in [-0.2, -0.15) is 5.10 Å². The van der Waals surface area contributed by atoms with Crippen molar-refractivity contribution in [1.82, 2.24) is 19.7 Å². The summed E-state index contributed by atoms with van der Waals surface area (Å²) < 4.78 is 15.1. The minimum Gasteiger partial charge on any atom is -0.454 e. The highest BCUT2D eigenvalue weighted by Gasteiger charge is 2.15. The zero-order valence-electron chi connectivity index (χ0n) is 20.8. The van der Waals surface area contributed by atoms with Crippen molar-refractivity contribution in [2.45, 2.75) is 0 Å². The zero-order valence-corrected chi connectivity index (χ0v) is 24.0. The van der Waals surface area contributed by atoms with E-state index >= 15 is 0 Å². The summed E-state index contributed by atoms with van der Waals surface area (Å²) in [6.45, 7) is 0. The van der Waals surface area contributed by atoms with E-state index in [4.69, 9.17) is 20.9 Å². The monoisotopic (exact) mass is 646 g/mol. The van der Waals surface area contributed by atoms with E-state index in [-0.39, 0.29) is 0 Å². The standard InChI is InChI=1S/C17H13BrN4O.C12H11BrN2O/c1-22-10-11(9-19-22)17-20-14-8-7-13(18)16(15(14)21-17)23-12-5-3-2-4-6-12;13-9-6-7-10(14)11(15)12(9)16-8-4-2-1-3-5-8/h2-10H,1H3,(H,20,21);1-7H,14-15H2. The van der Waals surface area contributed by atoms with Gasteiger partial charge >= 0.3 is 0 Å². The number of aromatic amines is 1. The number of hydrogen-bond acceptors (Lipinski definition) is 6. The van der Waals surface area contributed by atoms with Crippen molar-refractivity contribution >= 4 is 54.3 Å². The smallest absolute Gasteiger partial charge is 0.169 e. The number of nitrogens with two attached hydrogens (primary N) is 2. The Labute approximate surface area is 241 Å². The molecule has 10 heteroatoms. The molecular formula is C29H24Br2N6O2. The number of fused-ring (bicyclic) bond motifs is 1. The molecule has 0 saturated carbocycles. The number of nitrogens with one attached hydrogen (secondary N) is 1. The molecule has 0 radical (unpaired) electrons. The molecule has 8 nitrogen and oxygen atoms in total. The van der Waals surface area contributed by atoms with Gasteiger partial charge in [-0.05, 0) is 80.4 Å². The number of imidazole rings is 1. The molecule has 0 saturated heterocycles. The van der Waals surface area contributed by atoms with Crippen molar-refractivity contribution in [2.24, 2.45) is 7.05 Å². The molecular weight excluding hydrogens is 624 g/mol. The highest BCUT2D eigenvalue weighted by molar-refractivity contribution is 9.11. The number of anilines is 2. The Kier molecular flexibility index (Phi) is 7.85. The van der Waals surface area contributed by atoms with Crippen molar-refractivity contribution in [3.05, 3.63) is 106 Å². The summed E-state index contributed by atoms with van der Waals surface area (Å²) >= 11 is 6.93. The Balaban J connectivity index is 0.000000169. The molecule has 0 unspecified atom stereocenters. The summed E-state index contributed by atoms with van der Waals surface area (Å²) in [6.07, 6.45) is 3.70. The second-order valence-electron chi connectivity index (χ2n) is 8.47. The molecule has 0 bridgehead atoms. The topological polar surface area (TPSA) is 117 Å². The molecule has 4 aromatic carbocycles. The van der Waals surface area contributed by atoms with Gasteiger partial charge in [-0.3, -0.25) is 4.68 Å². The van der Waals surface area contributed by atoms with Gasteiger partial charge in [-0.15, -0.1) is 0 Å². The minimum atomic E-state index is 0.443. The number of benzene rings is 4. The van der Waals surface area contributed by atoms with E-state index in [0.717, 1.165) is 42.9 Å². The Morgan fingerprint density at radius 1 is 0.769 bits per heavy atom. The molecule has 2 heterocycles. The van der Waals surface area contributed by atoms with Crippen LogP contribution >= 0.6 is 31.9 Å². The van der Waals surface area contributed by atoms with Crippen LogP contribution in [0, 0.1) is 0 Å². The summed E-state index contributed by atoms with van der Waals surface area (Å²) in [6, 6.07) is 26.6. The SMILES string of the molecule is Cn1cc(-c2nc3c(Oc4ccccc4)c(Br)ccc3[nH]2)cn1.Nc1ccc(Br)c(Oc2ccccc2)c1N. The van der Waals surface area contributed by atoms with E-state index in [0.29, 0.717) is 22.9 Å². The normalized spacial score (nSPS) is 10.6. The number of halogens is 2. The quantitative estimate of drug-likeness (QED) is 0.164. The molecule has 0 aliphatic heterocycles. The Morgan fingerprint density at radius 3 is 1.97 bits per heavy atom. The van der Waals surface area contributed by atoms with Gasteiger partial charge < -0.3 is 25.9 Å². The largest absolute Gasteiger partial charge is 0.454 e. The summed E-state index contributed by atoms with van der Waals surface area (Å²) in [7, 11) is 1.88. The molecule has 0 amide bonds. The van der Waals surface area contributed by atoms with Crippen molar-refractivity contribution in [3.63, 3.8) is 0 Å². The molecule has 0 fully saturated rings. The van der Waals surface area contributed by atoms with E-state index in [2.05, 4.69) is 46.9 Å². The third kappa shape index (κ3) is 6.08. The fourth-order valence-electron chi connectivity index (χ4n) is 3.71. The highest BCUT2D eigenvalue weighted by Crippen LogP contribution is 2.39. The van der Waals surface area contributed by atoms with Gasteiger partial charge in [-0.1, -0.05) is 36.4 Å². The van der Waals surface area contributed by atoms with E-state index in [1.807, 2.05) is 92.1 Å². The lowest BCUT2D eigenvalue weighted by Crippen LogP contribution is -1.98. The molecule has 0 atom stereocenters. The second kappa shape index (κ2) is 11.6. The second-order valence-corrected chi connectivity index (χ2v) is 10.2. The summed E-state index contributed by atoms with van der Waals surface area (Å²) in [5.41, 5.74) is 15.2. The van der Waals surface area contributed by atoms with Gasteiger partial charge in [0, 0.05) is 13.2 Å². The summed E-state index contributed by atoms with van der Waals surface area (Å²) in [5, 5.41) is 4.19. The predicted octanol–water partition coefficient (Wildman–Crippen LogP) is 7.92. The first-order chi connectivity index (χ1) is 18.9. The van der Waals surface area contributed by atoms with Gasteiger partial charge in [0.05, 0.1) is 37.6 Å². The number of aromatic nitrogens is 4. The predicted molar refractivity (Wildman–Crippen MR) is 162 cm³/mol. The molecule has 39 heavy (non-hydrogen) atoms. The third-order valence-corrected chi connectivity index (χ3v) is 6.90. The average molecular weight is 648 g/mol. The first kappa shape index (κ1) is 26.3. The molecule has 6 aromatic rings. The van der Waals surface area contributed by atoms with Crippen LogP contribution in [0.5, 0.6) is 23.0 Å². The van der Waals surface area contributed by atoms with Crippen molar-refractivity contribution in [2.75, 3.05) is 11.5 Å². The lowest BCUT2D eigenvalue weighted by molar-refractivity contribution is 0.482. The van der Waals surface area contributed by atoms with Gasteiger partial charge in [0.2, 0.25) is 0 Å². The van der Waals surface area contributed by atoms with Crippen LogP contribution in [0.15, 0.2) is 106 Å². The Hall–Kier alpha value is -4.28. The van der Waals surface area contributed by atoms with Crippen molar-refractivity contribution < 1.29 is 9.47 Å². The zero-order chi connectivity index (χ0) is 27.4. The van der Waals surface area contributed by atoms with Crippen LogP contribution in [0.4, 0.5) is 11.4 Å². The minimum absolute atomic E-state index is 0.443. The van der Waals surface area contributed by atoms with E-state index in [1.54, 1.807) is 16.9 Å². The van der Waals surface area contributed by atoms with Crippen LogP contribution in [-0.4, -0.2) is 19.7 Å². The van der Waals surface area contributed by atoms with E-state index in [1.165, 1.54) is 0 Å². The number of rotatable bonds is 5. The maximum absolute atomic E-state index is 6.03. The molecule has 0 spiro atoms. The Morgan fingerprint density at radius 2 is 1.36 bits per heavy atom. The van der Waals surface area contributed by atoms with Crippen LogP contribution in [0.2, 0.25) is 0 Å². The van der Waals surface area contributed by atoms with Crippen LogP contribution in [0.25, 0.3) is 22.4 Å². The number of aryl methyl sites for hydroxylation is 1. The molecule has 196 valence electrons. The van der Waals surface area contributed by atoms with Crippen molar-refractivity contribution in [1.29, 1.82) is 0 Å². The number of nitrogen functional groups attached to an aromatic ring is 2. The van der Waals surface area contributed by atoms with E-state index < -0.39 is 0 Å². The van der Waals surface area contributed by atoms with Crippen LogP contribution < -0.4 is 20.9 Å². The maximum Gasteiger partial charge on any atom is 0.169 e. The summed E-state index contributed by atoms with van der Waals surface area (Å²) in [4.78, 5) is 8.00. The molecule has 5 N–H and O–H groups in total. The lowest BCUT2D eigenvalue weighted by atomic mass is 10.2. The first-order valence-corrected chi connectivity index (χ1v) is 13.4. The fourth-order valence-corrected chi connectivity index (χ4v) is 4.54. The highest BCUT2D eigenvalue weighted by atomic mass is 79.9. The number of para-hydroxylation sites is 2. The Bertz CT molecular complexity index is 1720. The van der Waals surface area contributed by atoms with Crippen molar-refractivity contribution in [3.8, 4) is 34.4 Å². The summed E-state index contributed by atoms with van der Waals surface area (Å²) in [5.74, 6) is 3.50. The van der Waals surface area contributed by atoms with Crippen LogP contribution in [-0.2, 0) is 7.05 Å². The molecule has 0 aliphatic rings. The number of ether oxygens (including phenoxy) is 2. The fraction of sp³-hybridized carbons (Fsp3) is 0.0345. The maximum atomic E-state index is 6.03. The lowest BCUT2D eigenvalue weighted by Gasteiger charge is -2.11.